The van der Waals surface area contributed by atoms with Crippen molar-refractivity contribution in [2.75, 3.05) is 0 Å². The van der Waals surface area contributed by atoms with E-state index in [2.05, 4.69) is 177 Å². The van der Waals surface area contributed by atoms with Crippen molar-refractivity contribution < 1.29 is 0 Å². The lowest BCUT2D eigenvalue weighted by Gasteiger charge is -2.37. The maximum Gasteiger partial charge on any atom is 0.150 e. The van der Waals surface area contributed by atoms with E-state index in [9.17, 15) is 0 Å². The monoisotopic (exact) mass is 725 g/mol. The van der Waals surface area contributed by atoms with Gasteiger partial charge in [-0.2, -0.15) is 5.10 Å². The third-order valence-corrected chi connectivity index (χ3v) is 11.2. The lowest BCUT2D eigenvalue weighted by molar-refractivity contribution is 0.740. The summed E-state index contributed by atoms with van der Waals surface area (Å²) in [6.45, 7) is 4.58. The van der Waals surface area contributed by atoms with Crippen LogP contribution in [-0.2, 0) is 18.3 Å². The number of rotatable bonds is 8. The third-order valence-electron chi connectivity index (χ3n) is 11.2. The van der Waals surface area contributed by atoms with Gasteiger partial charge in [-0.1, -0.05) is 189 Å². The van der Waals surface area contributed by atoms with Crippen LogP contribution in [0.3, 0.4) is 0 Å². The first-order valence-electron chi connectivity index (χ1n) is 19.6. The molecule has 274 valence electrons. The first-order chi connectivity index (χ1) is 27.5. The van der Waals surface area contributed by atoms with Gasteiger partial charge in [0.2, 0.25) is 0 Å². The third kappa shape index (κ3) is 6.67. The normalized spacial score (nSPS) is 14.4. The van der Waals surface area contributed by atoms with E-state index in [0.717, 1.165) is 24.8 Å². The number of nitrogens with two attached hydrogens (primary N) is 2. The number of benzene rings is 8. The molecule has 1 aliphatic rings. The molecule has 1 unspecified atom stereocenters. The van der Waals surface area contributed by atoms with Gasteiger partial charge < -0.3 is 11.6 Å². The highest BCUT2D eigenvalue weighted by molar-refractivity contribution is 6.01. The maximum atomic E-state index is 5.42. The highest BCUT2D eigenvalue weighted by Crippen LogP contribution is 2.60. The second kappa shape index (κ2) is 15.9. The topological polar surface area (TPSA) is 64.4 Å². The van der Waals surface area contributed by atoms with E-state index in [1.54, 1.807) is 0 Å². The largest absolute Gasteiger partial charge is 0.382 e. The molecule has 1 aliphatic carbocycles. The fourth-order valence-corrected chi connectivity index (χ4v) is 8.75. The zero-order valence-electron chi connectivity index (χ0n) is 32.1. The number of amidine groups is 1. The minimum Gasteiger partial charge on any atom is -0.382 e. The first-order valence-corrected chi connectivity index (χ1v) is 19.6. The van der Waals surface area contributed by atoms with Crippen molar-refractivity contribution in [3.63, 3.8) is 0 Å². The second-order valence-corrected chi connectivity index (χ2v) is 14.7. The highest BCUT2D eigenvalue weighted by atomic mass is 15.1. The molecule has 4 N–H and O–H groups in total. The minimum absolute atomic E-state index is 0.362. The molecule has 0 spiro atoms. The fourth-order valence-electron chi connectivity index (χ4n) is 8.75. The standard InChI is InChI=1S/C46H38.C7H9N3/c1-3-15-35-20-10-12-26-42(35)46(41-25-11-7-16-32(41)2)43-27-14-24-39(38-23-13-19-34(29-38)28-33-17-5-4-6-18-33)45(43)40-30-36-21-8-9-22-37(36)31-44(40)46;8-7(10-9)6-4-2-1-3-5-6/h4-14,16-27,29-31H,3,15,28H2,1-2H3;1-5H,9H2,(H2,8,10). The van der Waals surface area contributed by atoms with Gasteiger partial charge in [-0.15, -0.1) is 0 Å². The number of aryl methyl sites for hydroxylation is 2. The van der Waals surface area contributed by atoms with Crippen LogP contribution in [0.5, 0.6) is 0 Å². The summed E-state index contributed by atoms with van der Waals surface area (Å²) < 4.78 is 0. The van der Waals surface area contributed by atoms with Gasteiger partial charge in [-0.3, -0.25) is 0 Å². The van der Waals surface area contributed by atoms with Crippen LogP contribution >= 0.6 is 0 Å². The average molecular weight is 726 g/mol. The van der Waals surface area contributed by atoms with E-state index in [1.165, 1.54) is 77.5 Å². The summed E-state index contributed by atoms with van der Waals surface area (Å²) in [4.78, 5) is 0. The van der Waals surface area contributed by atoms with Crippen molar-refractivity contribution in [1.29, 1.82) is 0 Å². The van der Waals surface area contributed by atoms with Crippen LogP contribution in [0.2, 0.25) is 0 Å². The van der Waals surface area contributed by atoms with Crippen molar-refractivity contribution in [3.05, 3.63) is 238 Å². The molecule has 0 bridgehead atoms. The van der Waals surface area contributed by atoms with Gasteiger partial charge in [0.05, 0.1) is 5.41 Å². The van der Waals surface area contributed by atoms with Crippen LogP contribution in [0.4, 0.5) is 0 Å². The summed E-state index contributed by atoms with van der Waals surface area (Å²) in [6, 6.07) is 68.5. The molecule has 3 heteroatoms. The molecule has 0 fully saturated rings. The molecule has 0 saturated heterocycles. The molecule has 9 rings (SSSR count). The predicted octanol–water partition coefficient (Wildman–Crippen LogP) is 12.0. The molecule has 0 aromatic heterocycles. The van der Waals surface area contributed by atoms with Crippen LogP contribution in [0.1, 0.15) is 63.4 Å². The summed E-state index contributed by atoms with van der Waals surface area (Å²) in [5.74, 6) is 5.33. The quantitative estimate of drug-likeness (QED) is 0.0709. The number of fused-ring (bicyclic) bond motifs is 4. The molecule has 0 saturated carbocycles. The minimum atomic E-state index is -0.441. The van der Waals surface area contributed by atoms with Gasteiger partial charge in [0.15, 0.2) is 0 Å². The van der Waals surface area contributed by atoms with E-state index in [4.69, 9.17) is 11.6 Å². The Morgan fingerprint density at radius 2 is 1.14 bits per heavy atom. The van der Waals surface area contributed by atoms with Gasteiger partial charge in [0.1, 0.15) is 5.84 Å². The van der Waals surface area contributed by atoms with Gasteiger partial charge in [0.25, 0.3) is 0 Å². The Kier molecular flexibility index (Phi) is 10.3. The van der Waals surface area contributed by atoms with Crippen LogP contribution in [-0.4, -0.2) is 5.84 Å². The molecule has 56 heavy (non-hydrogen) atoms. The molecule has 0 aliphatic heterocycles. The molecule has 0 amide bonds. The Morgan fingerprint density at radius 1 is 0.536 bits per heavy atom. The molecule has 0 radical (unpaired) electrons. The molecule has 8 aromatic carbocycles. The van der Waals surface area contributed by atoms with Gasteiger partial charge >= 0.3 is 0 Å². The van der Waals surface area contributed by atoms with Crippen molar-refractivity contribution in [1.82, 2.24) is 0 Å². The summed E-state index contributed by atoms with van der Waals surface area (Å²) in [5.41, 5.74) is 22.0. The van der Waals surface area contributed by atoms with Crippen LogP contribution in [0.25, 0.3) is 33.0 Å². The molecule has 3 nitrogen and oxygen atoms in total. The number of hydrazone groups is 1. The Balaban J connectivity index is 0.000000386. The SMILES string of the molecule is CCCc1ccccc1C1(c2ccccc2C)c2cc3ccccc3cc2-c2c(-c3cccc(Cc4ccccc4)c3)cccc21.N/N=C(\N)c1ccccc1. The molecule has 8 aromatic rings. The van der Waals surface area contributed by atoms with Crippen molar-refractivity contribution in [2.45, 2.75) is 38.5 Å². The Hall–Kier alpha value is -6.71. The highest BCUT2D eigenvalue weighted by Gasteiger charge is 2.48. The fraction of sp³-hybridized carbons (Fsp3) is 0.113. The van der Waals surface area contributed by atoms with Crippen molar-refractivity contribution >= 4 is 16.6 Å². The Bertz CT molecular complexity index is 2660. The van der Waals surface area contributed by atoms with Crippen molar-refractivity contribution in [3.8, 4) is 22.3 Å². The first kappa shape index (κ1) is 36.3. The van der Waals surface area contributed by atoms with E-state index in [-0.39, 0.29) is 0 Å². The van der Waals surface area contributed by atoms with E-state index < -0.39 is 5.41 Å². The summed E-state index contributed by atoms with van der Waals surface area (Å²) in [7, 11) is 0. The predicted molar refractivity (Wildman–Crippen MR) is 236 cm³/mol. The molecular formula is C53H47N3. The van der Waals surface area contributed by atoms with E-state index >= 15 is 0 Å². The average Bonchev–Trinajstić information content (AvgIpc) is 3.53. The molecule has 0 heterocycles. The van der Waals surface area contributed by atoms with Gasteiger partial charge in [0, 0.05) is 5.56 Å². The van der Waals surface area contributed by atoms with Crippen LogP contribution < -0.4 is 11.6 Å². The van der Waals surface area contributed by atoms with Gasteiger partial charge in [-0.25, -0.2) is 0 Å². The van der Waals surface area contributed by atoms with Crippen LogP contribution in [0.15, 0.2) is 193 Å². The number of hydrogen-bond acceptors (Lipinski definition) is 2. The summed E-state index contributed by atoms with van der Waals surface area (Å²) in [5, 5.41) is 5.92. The lowest BCUT2D eigenvalue weighted by Crippen LogP contribution is -2.31. The maximum absolute atomic E-state index is 5.42. The van der Waals surface area contributed by atoms with Crippen molar-refractivity contribution in [2.24, 2.45) is 16.7 Å². The summed E-state index contributed by atoms with van der Waals surface area (Å²) >= 11 is 0. The van der Waals surface area contributed by atoms with E-state index in [1.807, 2.05) is 30.3 Å². The van der Waals surface area contributed by atoms with Gasteiger partial charge in [-0.05, 0) is 109 Å². The Labute approximate surface area is 331 Å². The molecular weight excluding hydrogens is 679 g/mol. The van der Waals surface area contributed by atoms with E-state index in [0.29, 0.717) is 5.84 Å². The number of nitrogens with zero attached hydrogens (tertiary/aromatic N) is 1. The summed E-state index contributed by atoms with van der Waals surface area (Å²) in [6.07, 6.45) is 3.07. The lowest BCUT2D eigenvalue weighted by atomic mass is 9.64. The smallest absolute Gasteiger partial charge is 0.150 e. The second-order valence-electron chi connectivity index (χ2n) is 14.7. The van der Waals surface area contributed by atoms with Crippen LogP contribution in [0, 0.1) is 6.92 Å². The Morgan fingerprint density at radius 3 is 1.88 bits per heavy atom. The number of hydrogen-bond donors (Lipinski definition) is 2. The zero-order valence-corrected chi connectivity index (χ0v) is 32.1. The zero-order chi connectivity index (χ0) is 38.5. The molecule has 1 atom stereocenters.